The van der Waals surface area contributed by atoms with Crippen molar-refractivity contribution in [2.45, 2.75) is 216 Å². The molecule has 16 rings (SSSR count). The third-order valence-electron chi connectivity index (χ3n) is 28.1. The molecule has 35 heteroatoms. The number of carboxylic acid groups (broad SMARTS) is 1. The van der Waals surface area contributed by atoms with E-state index in [0.717, 1.165) is 309 Å². The number of nitrogens with zero attached hydrogens (tertiary/aromatic N) is 13. The third-order valence-corrected chi connectivity index (χ3v) is 29.4. The molecular weight excluding hydrogens is 2030 g/mol. The molecule has 0 amide bonds. The first kappa shape index (κ1) is 119. The molecular formula is C109H152BBr3N17NaO13. The SMILES string of the molecule is CCN(c1cc(Br)cc(C(=O)CCc2c(C)cc(C)nc2N)c1)C1CCOCC1.CCN(c1cc(Br)cc(C(=O)O)c1)C1CCOCC1.CCN(c1cc(Br)cc(C(=O)OC)c1)C1CCOCC1.CCN(c1cc(C(=O)CCc2c(C)cc(C)nc2N)cc(-c2ccc(N3CCN(C)CC3)nc2)c1)C1CCOCC1.CN1CCN(c2ccc(B3OC(C)(C)C(C)(C)O3)cn2)CC1.Cc1cc(C)c(CN)c(N)n1.[Na+].[OH-]. The van der Waals surface area contributed by atoms with Gasteiger partial charge in [-0.3, -0.25) is 9.59 Å². The van der Waals surface area contributed by atoms with Crippen LogP contribution in [0.4, 0.5) is 51.8 Å². The first-order valence-corrected chi connectivity index (χ1v) is 52.6. The summed E-state index contributed by atoms with van der Waals surface area (Å²) in [6.45, 7) is 47.3. The quantitative estimate of drug-likeness (QED) is 0.0181. The van der Waals surface area contributed by atoms with Crippen molar-refractivity contribution in [3.63, 3.8) is 0 Å². The number of halogens is 3. The number of ketones is 2. The molecule has 0 saturated carbocycles. The molecule has 0 atom stereocenters. The maximum absolute atomic E-state index is 13.7. The van der Waals surface area contributed by atoms with Gasteiger partial charge in [-0.05, 0) is 318 Å². The van der Waals surface area contributed by atoms with Gasteiger partial charge in [0.15, 0.2) is 11.6 Å². The van der Waals surface area contributed by atoms with Gasteiger partial charge >= 0.3 is 48.6 Å². The summed E-state index contributed by atoms with van der Waals surface area (Å²) < 4.78 is 41.5. The molecule has 30 nitrogen and oxygen atoms in total. The van der Waals surface area contributed by atoms with Gasteiger partial charge in [-0.1, -0.05) is 53.9 Å². The number of aryl methyl sites for hydroxylation is 6. The van der Waals surface area contributed by atoms with Crippen LogP contribution in [0.5, 0.6) is 0 Å². The van der Waals surface area contributed by atoms with E-state index in [0.29, 0.717) is 85.0 Å². The molecule has 4 aromatic carbocycles. The van der Waals surface area contributed by atoms with Crippen LogP contribution in [0.2, 0.25) is 0 Å². The molecule has 9 aromatic rings. The van der Waals surface area contributed by atoms with Crippen LogP contribution in [0.1, 0.15) is 211 Å². The summed E-state index contributed by atoms with van der Waals surface area (Å²) >= 11 is 10.5. The number of rotatable bonds is 27. The summed E-state index contributed by atoms with van der Waals surface area (Å²) in [5.41, 5.74) is 41.3. The molecule has 7 aliphatic heterocycles. The van der Waals surface area contributed by atoms with E-state index in [1.165, 1.54) is 7.11 Å². The Kier molecular flexibility index (Phi) is 47.1. The molecule has 776 valence electrons. The van der Waals surface area contributed by atoms with Gasteiger partial charge < -0.3 is 106 Å². The van der Waals surface area contributed by atoms with Crippen molar-refractivity contribution < 1.29 is 92.3 Å². The van der Waals surface area contributed by atoms with Gasteiger partial charge in [0.05, 0.1) is 29.4 Å². The van der Waals surface area contributed by atoms with Crippen molar-refractivity contribution >= 4 is 136 Å². The number of hydrogen-bond acceptors (Lipinski definition) is 29. The summed E-state index contributed by atoms with van der Waals surface area (Å²) in [4.78, 5) is 90.6. The molecule has 0 radical (unpaired) electrons. The standard InChI is InChI=1S/C33H44N6O2.C23H30BrN3O2.C16H26BN3O2.C15H20BrNO3.C14H18BrNO3.C8H13N3.Na.H2O/c1-5-39(28-10-16-41-17-11-28)29-20-26(25-6-9-32(35-22-25)38-14-12-37(4)13-15-38)19-27(21-29)31(40)8-7-30-23(2)18-24(3)36-33(30)34;1-4-27(19-7-9-29-10-8-19)20-13-17(12-18(24)14-20)22(28)6-5-21-15(2)11-16(3)26-23(21)25;1-15(2)16(3,4)22-17(21-15)13-6-7-14(18-12-13)20-10-8-19(5)9-11-20;1-3-17(13-4-6-20-7-5-13)14-9-11(15(18)19-2)8-12(16)10-14;1-2-16(12-3-5-19-6-4-12)13-8-10(14(17)18)7-11(15)9-13;1-5-3-6(2)11-8(10)7(5)4-9;;/h6,9,18-22,28H,5,7-8,10-17H2,1-4H3,(H2,34,36);11-14,19H,4-10H2,1-3H3,(H2,25,26);6-7,12H,8-11H2,1-5H3;8-10,13H,3-7H2,1-2H3;7-9,12H,2-6H2,1H3,(H,17,18);3H,4,9H2,1-2H3,(H2,10,11);;1H2/q;;;;;;+1;/p-1. The van der Waals surface area contributed by atoms with E-state index in [-0.39, 0.29) is 70.9 Å². The predicted octanol–water partition coefficient (Wildman–Crippen LogP) is 14.9. The van der Waals surface area contributed by atoms with Crippen molar-refractivity contribution in [2.75, 3.05) is 199 Å². The molecule has 7 saturated heterocycles. The van der Waals surface area contributed by atoms with Crippen molar-refractivity contribution in [1.82, 2.24) is 34.7 Å². The number of nitrogens with two attached hydrogens (primary N) is 4. The molecule has 7 fully saturated rings. The monoisotopic (exact) mass is 2180 g/mol. The number of anilines is 9. The number of methoxy groups -OCH3 is 1. The van der Waals surface area contributed by atoms with Gasteiger partial charge in [0.2, 0.25) is 0 Å². The second kappa shape index (κ2) is 57.1. The van der Waals surface area contributed by atoms with Crippen LogP contribution >= 0.6 is 47.8 Å². The van der Waals surface area contributed by atoms with Crippen LogP contribution in [-0.4, -0.2) is 264 Å². The van der Waals surface area contributed by atoms with E-state index >= 15 is 0 Å². The minimum absolute atomic E-state index is 0. The molecule has 0 spiro atoms. The smallest absolute Gasteiger partial charge is 0.870 e. The zero-order chi connectivity index (χ0) is 103. The van der Waals surface area contributed by atoms with Crippen LogP contribution in [0.15, 0.2) is 141 Å². The Hall–Kier alpha value is -8.79. The van der Waals surface area contributed by atoms with Gasteiger partial charge in [0.1, 0.15) is 29.1 Å². The van der Waals surface area contributed by atoms with Crippen molar-refractivity contribution in [3.8, 4) is 11.1 Å². The Balaban J connectivity index is 0.000000200. The van der Waals surface area contributed by atoms with Gasteiger partial charge in [-0.25, -0.2) is 34.5 Å². The molecule has 12 heterocycles. The average Bonchev–Trinajstić information content (AvgIpc) is 1.62. The minimum atomic E-state index is -0.898. The van der Waals surface area contributed by atoms with Crippen LogP contribution in [0, 0.1) is 41.5 Å². The summed E-state index contributed by atoms with van der Waals surface area (Å²) in [6.07, 6.45) is 13.8. The summed E-state index contributed by atoms with van der Waals surface area (Å²) in [7, 11) is 5.39. The minimum Gasteiger partial charge on any atom is -0.870 e. The fourth-order valence-corrected chi connectivity index (χ4v) is 20.8. The number of hydrogen-bond donors (Lipinski definition) is 5. The van der Waals surface area contributed by atoms with E-state index < -0.39 is 5.97 Å². The zero-order valence-electron chi connectivity index (χ0n) is 88.0. The zero-order valence-corrected chi connectivity index (χ0v) is 94.7. The van der Waals surface area contributed by atoms with E-state index in [1.54, 1.807) is 18.2 Å². The van der Waals surface area contributed by atoms with Crippen LogP contribution < -0.4 is 87.4 Å². The number of Topliss-reactive ketones (excluding diaryl/α,β-unsaturated/α-hetero) is 2. The van der Waals surface area contributed by atoms with Gasteiger partial charge in [0, 0.05) is 268 Å². The molecule has 144 heavy (non-hydrogen) atoms. The molecule has 0 bridgehead atoms. The second-order valence-electron chi connectivity index (χ2n) is 38.6. The van der Waals surface area contributed by atoms with E-state index in [9.17, 15) is 19.2 Å². The number of carboxylic acids is 1. The predicted molar refractivity (Wildman–Crippen MR) is 587 cm³/mol. The maximum Gasteiger partial charge on any atom is 1.00 e. The largest absolute Gasteiger partial charge is 1.00 e. The van der Waals surface area contributed by atoms with E-state index in [4.69, 9.17) is 66.0 Å². The average molecular weight is 2180 g/mol. The van der Waals surface area contributed by atoms with Crippen molar-refractivity contribution in [3.05, 3.63) is 214 Å². The number of nitrogen functional groups attached to an aromatic ring is 3. The van der Waals surface area contributed by atoms with Crippen LogP contribution in [-0.2, 0) is 52.4 Å². The van der Waals surface area contributed by atoms with E-state index in [1.807, 2.05) is 109 Å². The number of carbonyl (C=O) groups excluding carboxylic acids is 3. The summed E-state index contributed by atoms with van der Waals surface area (Å²) in [6, 6.07) is 39.6. The van der Waals surface area contributed by atoms with Gasteiger partial charge in [-0.2, -0.15) is 0 Å². The van der Waals surface area contributed by atoms with Gasteiger partial charge in [-0.15, -0.1) is 0 Å². The fourth-order valence-electron chi connectivity index (χ4n) is 19.3. The first-order valence-electron chi connectivity index (χ1n) is 50.3. The number of benzene rings is 4. The van der Waals surface area contributed by atoms with Crippen LogP contribution in [0.25, 0.3) is 11.1 Å². The van der Waals surface area contributed by atoms with Crippen molar-refractivity contribution in [2.24, 2.45) is 5.73 Å². The molecule has 5 aromatic heterocycles. The normalized spacial score (nSPS) is 16.6. The first-order chi connectivity index (χ1) is 67.9. The number of ether oxygens (including phenoxy) is 5. The molecule has 0 aliphatic carbocycles. The Morgan fingerprint density at radius 1 is 0.444 bits per heavy atom. The van der Waals surface area contributed by atoms with Crippen molar-refractivity contribution in [1.29, 1.82) is 0 Å². The van der Waals surface area contributed by atoms with Crippen LogP contribution in [0.3, 0.4) is 0 Å². The molecule has 0 unspecified atom stereocenters. The third kappa shape index (κ3) is 33.4. The molecule has 7 aliphatic rings. The number of piperazine rings is 2. The second-order valence-corrected chi connectivity index (χ2v) is 41.3. The van der Waals surface area contributed by atoms with E-state index in [2.05, 4.69) is 219 Å². The van der Waals surface area contributed by atoms with Gasteiger partial charge in [0.25, 0.3) is 0 Å². The molecule has 10 N–H and O–H groups in total. The number of likely N-dealkylation sites (N-methyl/N-ethyl adjacent to an activating group) is 2. The number of carbonyl (C=O) groups is 4. The number of esters is 1. The number of aromatic carboxylic acids is 1. The Morgan fingerprint density at radius 2 is 0.771 bits per heavy atom. The number of pyridine rings is 5. The fraction of sp³-hybridized carbons (Fsp3) is 0.514. The Labute approximate surface area is 901 Å². The Morgan fingerprint density at radius 3 is 1.10 bits per heavy atom. The summed E-state index contributed by atoms with van der Waals surface area (Å²) in [5.74, 6) is 2.67. The topological polar surface area (TPSA) is 378 Å². The summed E-state index contributed by atoms with van der Waals surface area (Å²) in [5, 5.41) is 9.14. The maximum atomic E-state index is 13.7. The number of aromatic nitrogens is 5. The Bertz CT molecular complexity index is 5560.